The molecule has 0 bridgehead atoms. The molecule has 180 valence electrons. The van der Waals surface area contributed by atoms with Crippen LogP contribution in [0.4, 0.5) is 0 Å². The van der Waals surface area contributed by atoms with Crippen LogP contribution in [0.2, 0.25) is 0 Å². The molecule has 0 N–H and O–H groups in total. The molecule has 6 nitrogen and oxygen atoms in total. The SMILES string of the molecule is C=C1[C@H](OC(C)=O)C[C@H]2C(C)(C)CCC[C@]2(C)[C@H]1C[C@@H](OC(C)=O)/C(C)=C/COC(C)=O. The van der Waals surface area contributed by atoms with Crippen molar-refractivity contribution < 1.29 is 28.6 Å². The maximum Gasteiger partial charge on any atom is 0.303 e. The predicted molar refractivity (Wildman–Crippen MR) is 123 cm³/mol. The van der Waals surface area contributed by atoms with Crippen molar-refractivity contribution in [2.24, 2.45) is 22.7 Å². The highest BCUT2D eigenvalue weighted by atomic mass is 16.5. The van der Waals surface area contributed by atoms with Crippen LogP contribution in [0, 0.1) is 22.7 Å². The Balaban J connectivity index is 2.40. The van der Waals surface area contributed by atoms with Crippen LogP contribution in [-0.4, -0.2) is 36.7 Å². The molecular weight excluding hydrogens is 408 g/mol. The third-order valence-electron chi connectivity index (χ3n) is 7.65. The predicted octanol–water partition coefficient (Wildman–Crippen LogP) is 5.16. The van der Waals surface area contributed by atoms with Crippen molar-refractivity contribution in [3.63, 3.8) is 0 Å². The third-order valence-corrected chi connectivity index (χ3v) is 7.65. The average Bonchev–Trinajstić information content (AvgIpc) is 2.64. The lowest BCUT2D eigenvalue weighted by Gasteiger charge is -2.59. The van der Waals surface area contributed by atoms with Crippen molar-refractivity contribution in [2.75, 3.05) is 6.61 Å². The van der Waals surface area contributed by atoms with Gasteiger partial charge >= 0.3 is 17.9 Å². The van der Waals surface area contributed by atoms with Crippen LogP contribution in [0.15, 0.2) is 23.8 Å². The highest BCUT2D eigenvalue weighted by Crippen LogP contribution is 2.62. The van der Waals surface area contributed by atoms with Gasteiger partial charge in [-0.15, -0.1) is 0 Å². The first-order valence-electron chi connectivity index (χ1n) is 11.6. The average molecular weight is 449 g/mol. The Hall–Kier alpha value is -2.11. The molecule has 0 aromatic carbocycles. The molecule has 0 aromatic heterocycles. The highest BCUT2D eigenvalue weighted by molar-refractivity contribution is 5.67. The number of esters is 3. The Labute approximate surface area is 192 Å². The second-order valence-corrected chi connectivity index (χ2v) is 10.4. The second-order valence-electron chi connectivity index (χ2n) is 10.4. The van der Waals surface area contributed by atoms with Crippen molar-refractivity contribution in [3.05, 3.63) is 23.8 Å². The Morgan fingerprint density at radius 2 is 1.72 bits per heavy atom. The van der Waals surface area contributed by atoms with Gasteiger partial charge in [0.1, 0.15) is 18.8 Å². The van der Waals surface area contributed by atoms with Gasteiger partial charge in [-0.25, -0.2) is 0 Å². The summed E-state index contributed by atoms with van der Waals surface area (Å²) in [5.41, 5.74) is 1.81. The van der Waals surface area contributed by atoms with Crippen molar-refractivity contribution >= 4 is 17.9 Å². The number of hydrogen-bond donors (Lipinski definition) is 0. The Morgan fingerprint density at radius 1 is 1.06 bits per heavy atom. The molecule has 0 aliphatic heterocycles. The summed E-state index contributed by atoms with van der Waals surface area (Å²) in [5, 5.41) is 0. The van der Waals surface area contributed by atoms with E-state index in [1.165, 1.54) is 20.8 Å². The van der Waals surface area contributed by atoms with Gasteiger partial charge in [0.15, 0.2) is 0 Å². The fourth-order valence-electron chi connectivity index (χ4n) is 6.09. The van der Waals surface area contributed by atoms with E-state index in [9.17, 15) is 14.4 Å². The number of ether oxygens (including phenoxy) is 3. The van der Waals surface area contributed by atoms with Gasteiger partial charge in [0.25, 0.3) is 0 Å². The fraction of sp³-hybridized carbons (Fsp3) is 0.731. The van der Waals surface area contributed by atoms with E-state index in [1.807, 2.05) is 6.92 Å². The van der Waals surface area contributed by atoms with Crippen LogP contribution in [0.1, 0.15) is 80.6 Å². The summed E-state index contributed by atoms with van der Waals surface area (Å²) < 4.78 is 16.5. The topological polar surface area (TPSA) is 78.9 Å². The van der Waals surface area contributed by atoms with E-state index in [0.717, 1.165) is 36.8 Å². The van der Waals surface area contributed by atoms with Crippen molar-refractivity contribution in [1.29, 1.82) is 0 Å². The molecule has 0 saturated heterocycles. The molecule has 6 heteroatoms. The zero-order valence-corrected chi connectivity index (χ0v) is 20.8. The minimum absolute atomic E-state index is 0.0200. The van der Waals surface area contributed by atoms with Crippen LogP contribution < -0.4 is 0 Å². The second kappa shape index (κ2) is 10.2. The van der Waals surface area contributed by atoms with Crippen molar-refractivity contribution in [1.82, 2.24) is 0 Å². The quantitative estimate of drug-likeness (QED) is 0.304. The lowest BCUT2D eigenvalue weighted by atomic mass is 9.46. The first kappa shape index (κ1) is 26.1. The number of hydrogen-bond acceptors (Lipinski definition) is 6. The van der Waals surface area contributed by atoms with E-state index in [2.05, 4.69) is 27.4 Å². The molecule has 0 unspecified atom stereocenters. The molecule has 2 saturated carbocycles. The van der Waals surface area contributed by atoms with E-state index in [-0.39, 0.29) is 47.4 Å². The molecule has 0 radical (unpaired) electrons. The largest absolute Gasteiger partial charge is 0.462 e. The Kier molecular flexibility index (Phi) is 8.35. The van der Waals surface area contributed by atoms with E-state index in [1.54, 1.807) is 6.08 Å². The Bertz CT molecular complexity index is 779. The number of carbonyl (C=O) groups excluding carboxylic acids is 3. The highest BCUT2D eigenvalue weighted by Gasteiger charge is 2.56. The molecule has 32 heavy (non-hydrogen) atoms. The molecule has 0 heterocycles. The summed E-state index contributed by atoms with van der Waals surface area (Å²) in [5.74, 6) is -0.652. The first-order chi connectivity index (χ1) is 14.8. The summed E-state index contributed by atoms with van der Waals surface area (Å²) in [6.07, 6.45) is 5.63. The number of rotatable bonds is 7. The van der Waals surface area contributed by atoms with Gasteiger partial charge in [-0.3, -0.25) is 14.4 Å². The molecule has 5 atom stereocenters. The zero-order chi connectivity index (χ0) is 24.3. The zero-order valence-electron chi connectivity index (χ0n) is 20.8. The molecule has 0 aromatic rings. The Morgan fingerprint density at radius 3 is 2.28 bits per heavy atom. The minimum atomic E-state index is -0.469. The summed E-state index contributed by atoms with van der Waals surface area (Å²) in [7, 11) is 0. The smallest absolute Gasteiger partial charge is 0.303 e. The monoisotopic (exact) mass is 448 g/mol. The molecular formula is C26H40O6. The van der Waals surface area contributed by atoms with Crippen LogP contribution in [-0.2, 0) is 28.6 Å². The van der Waals surface area contributed by atoms with Crippen LogP contribution in [0.5, 0.6) is 0 Å². The van der Waals surface area contributed by atoms with Crippen LogP contribution in [0.25, 0.3) is 0 Å². The van der Waals surface area contributed by atoms with Gasteiger partial charge < -0.3 is 14.2 Å². The summed E-state index contributed by atoms with van der Waals surface area (Å²) in [6, 6.07) is 0. The van der Waals surface area contributed by atoms with Gasteiger partial charge in [-0.1, -0.05) is 33.8 Å². The molecule has 0 amide bonds. The van der Waals surface area contributed by atoms with E-state index in [4.69, 9.17) is 14.2 Å². The molecule has 2 aliphatic carbocycles. The lowest BCUT2D eigenvalue weighted by molar-refractivity contribution is -0.155. The van der Waals surface area contributed by atoms with E-state index >= 15 is 0 Å². The number of carbonyl (C=O) groups is 3. The summed E-state index contributed by atoms with van der Waals surface area (Å²) >= 11 is 0. The molecule has 2 fully saturated rings. The summed E-state index contributed by atoms with van der Waals surface area (Å²) in [4.78, 5) is 34.9. The van der Waals surface area contributed by atoms with E-state index < -0.39 is 6.10 Å². The lowest BCUT2D eigenvalue weighted by Crippen LogP contribution is -2.54. The van der Waals surface area contributed by atoms with Crippen LogP contribution in [0.3, 0.4) is 0 Å². The fourth-order valence-corrected chi connectivity index (χ4v) is 6.09. The first-order valence-corrected chi connectivity index (χ1v) is 11.6. The van der Waals surface area contributed by atoms with Gasteiger partial charge in [0, 0.05) is 20.8 Å². The van der Waals surface area contributed by atoms with Crippen molar-refractivity contribution in [2.45, 2.75) is 92.8 Å². The summed E-state index contributed by atoms with van der Waals surface area (Å²) in [6.45, 7) is 17.5. The standard InChI is InChI=1S/C26H40O6/c1-16(10-13-30-18(3)27)22(31-19(4)28)14-21-17(2)23(32-20(5)29)15-24-25(6,7)11-9-12-26(21,24)8/h10,21-24H,2,9,11-15H2,1,3-8H3/b16-10+/t21-,22+,23+,24-,26+/m0/s1. The maximum atomic E-state index is 11.9. The minimum Gasteiger partial charge on any atom is -0.462 e. The van der Waals surface area contributed by atoms with Gasteiger partial charge in [0.2, 0.25) is 0 Å². The van der Waals surface area contributed by atoms with Gasteiger partial charge in [-0.2, -0.15) is 0 Å². The third kappa shape index (κ3) is 6.02. The molecule has 0 spiro atoms. The molecule has 2 rings (SSSR count). The molecule has 2 aliphatic rings. The van der Waals surface area contributed by atoms with Gasteiger partial charge in [-0.05, 0) is 72.5 Å². The van der Waals surface area contributed by atoms with Gasteiger partial charge in [0.05, 0.1) is 0 Å². The van der Waals surface area contributed by atoms with Crippen molar-refractivity contribution in [3.8, 4) is 0 Å². The number of fused-ring (bicyclic) bond motifs is 1. The normalized spacial score (nSPS) is 30.7. The maximum absolute atomic E-state index is 11.9. The van der Waals surface area contributed by atoms with E-state index in [0.29, 0.717) is 12.3 Å². The van der Waals surface area contributed by atoms with Crippen LogP contribution >= 0.6 is 0 Å².